The molecule has 2 aromatic rings. The second kappa shape index (κ2) is 3.70. The highest BCUT2D eigenvalue weighted by Gasteiger charge is 2.05. The van der Waals surface area contributed by atoms with Crippen molar-refractivity contribution in [3.63, 3.8) is 0 Å². The van der Waals surface area contributed by atoms with Crippen molar-refractivity contribution in [1.29, 1.82) is 0 Å². The fourth-order valence-electron chi connectivity index (χ4n) is 1.38. The third-order valence-corrected chi connectivity index (χ3v) is 2.53. The van der Waals surface area contributed by atoms with Crippen LogP contribution in [0.3, 0.4) is 0 Å². The van der Waals surface area contributed by atoms with Gasteiger partial charge < -0.3 is 0 Å². The van der Waals surface area contributed by atoms with Crippen LogP contribution in [0.1, 0.15) is 31.9 Å². The molecule has 72 valence electrons. The lowest BCUT2D eigenvalue weighted by Gasteiger charge is -2.07. The van der Waals surface area contributed by atoms with Gasteiger partial charge >= 0.3 is 0 Å². The lowest BCUT2D eigenvalue weighted by atomic mass is 10.0. The molecule has 0 bridgehead atoms. The van der Waals surface area contributed by atoms with E-state index in [-0.39, 0.29) is 0 Å². The van der Waals surface area contributed by atoms with E-state index in [1.165, 1.54) is 0 Å². The van der Waals surface area contributed by atoms with Gasteiger partial charge in [-0.1, -0.05) is 13.8 Å². The molecule has 0 saturated carbocycles. The largest absolute Gasteiger partial charge is 0.259 e. The van der Waals surface area contributed by atoms with Gasteiger partial charge in [0.05, 0.1) is 11.7 Å². The predicted octanol–water partition coefficient (Wildman–Crippen LogP) is 2.54. The Bertz CT molecular complexity index is 439. The fraction of sp³-hybridized carbons (Fsp3) is 0.364. The molecule has 0 aliphatic rings. The molecule has 2 aromatic heterocycles. The Balaban J connectivity index is 2.51. The van der Waals surface area contributed by atoms with Gasteiger partial charge in [0.1, 0.15) is 6.33 Å². The summed E-state index contributed by atoms with van der Waals surface area (Å²) in [5.74, 6) is 0.500. The van der Waals surface area contributed by atoms with Gasteiger partial charge in [-0.3, -0.25) is 4.98 Å². The number of aromatic nitrogens is 3. The normalized spacial score (nSPS) is 13.0. The first-order chi connectivity index (χ1) is 6.81. The molecule has 0 radical (unpaired) electrons. The lowest BCUT2D eigenvalue weighted by Crippen LogP contribution is -1.95. The molecule has 3 heteroatoms. The Kier molecular flexibility index (Phi) is 2.39. The summed E-state index contributed by atoms with van der Waals surface area (Å²) in [7, 11) is 0. The molecule has 0 fully saturated rings. The van der Waals surface area contributed by atoms with Crippen LogP contribution in [0.2, 0.25) is 0 Å². The molecule has 0 aromatic carbocycles. The topological polar surface area (TPSA) is 38.7 Å². The average molecular weight is 187 g/mol. The van der Waals surface area contributed by atoms with E-state index >= 15 is 0 Å². The van der Waals surface area contributed by atoms with Crippen LogP contribution in [-0.4, -0.2) is 15.0 Å². The molecule has 3 nitrogen and oxygen atoms in total. The molecule has 0 aliphatic heterocycles. The van der Waals surface area contributed by atoms with E-state index in [0.717, 1.165) is 23.0 Å². The van der Waals surface area contributed by atoms with E-state index in [1.807, 2.05) is 12.4 Å². The molecular weight excluding hydrogens is 174 g/mol. The standard InChI is InChI=1S/C11H13N3/c1-3-8(2)10-4-9-5-12-7-14-11(9)6-13-10/h4-8H,3H2,1-2H3. The summed E-state index contributed by atoms with van der Waals surface area (Å²) in [4.78, 5) is 12.5. The maximum Gasteiger partial charge on any atom is 0.116 e. The van der Waals surface area contributed by atoms with Gasteiger partial charge in [-0.25, -0.2) is 9.97 Å². The predicted molar refractivity (Wildman–Crippen MR) is 56.0 cm³/mol. The number of pyridine rings is 1. The van der Waals surface area contributed by atoms with Crippen LogP contribution < -0.4 is 0 Å². The third-order valence-electron chi connectivity index (χ3n) is 2.53. The molecule has 0 saturated heterocycles. The molecular formula is C11H13N3. The summed E-state index contributed by atoms with van der Waals surface area (Å²) in [6.45, 7) is 4.34. The molecule has 0 amide bonds. The maximum absolute atomic E-state index is 4.39. The van der Waals surface area contributed by atoms with Crippen molar-refractivity contribution in [3.8, 4) is 0 Å². The Morgan fingerprint density at radius 2 is 2.14 bits per heavy atom. The van der Waals surface area contributed by atoms with Crippen LogP contribution in [0.4, 0.5) is 0 Å². The lowest BCUT2D eigenvalue weighted by molar-refractivity contribution is 0.709. The molecule has 0 spiro atoms. The zero-order valence-electron chi connectivity index (χ0n) is 8.44. The minimum absolute atomic E-state index is 0.500. The monoisotopic (exact) mass is 187 g/mol. The van der Waals surface area contributed by atoms with Crippen molar-refractivity contribution in [3.05, 3.63) is 30.5 Å². The molecule has 2 rings (SSSR count). The Hall–Kier alpha value is -1.51. The van der Waals surface area contributed by atoms with E-state index in [0.29, 0.717) is 5.92 Å². The van der Waals surface area contributed by atoms with Crippen molar-refractivity contribution in [2.45, 2.75) is 26.2 Å². The number of rotatable bonds is 2. The zero-order chi connectivity index (χ0) is 9.97. The van der Waals surface area contributed by atoms with Crippen molar-refractivity contribution >= 4 is 10.9 Å². The highest BCUT2D eigenvalue weighted by atomic mass is 14.8. The molecule has 1 atom stereocenters. The molecule has 2 heterocycles. The van der Waals surface area contributed by atoms with Gasteiger partial charge in [0, 0.05) is 17.3 Å². The number of hydrogen-bond acceptors (Lipinski definition) is 3. The summed E-state index contributed by atoms with van der Waals surface area (Å²) in [5.41, 5.74) is 2.03. The highest BCUT2D eigenvalue weighted by Crippen LogP contribution is 2.19. The van der Waals surface area contributed by atoms with Gasteiger partial charge in [0.15, 0.2) is 0 Å². The van der Waals surface area contributed by atoms with Crippen molar-refractivity contribution in [2.24, 2.45) is 0 Å². The summed E-state index contributed by atoms with van der Waals surface area (Å²) in [6, 6.07) is 2.07. The van der Waals surface area contributed by atoms with Crippen molar-refractivity contribution < 1.29 is 0 Å². The molecule has 0 aliphatic carbocycles. The van der Waals surface area contributed by atoms with Gasteiger partial charge in [-0.2, -0.15) is 0 Å². The minimum Gasteiger partial charge on any atom is -0.259 e. The Morgan fingerprint density at radius 1 is 1.29 bits per heavy atom. The molecule has 0 N–H and O–H groups in total. The van der Waals surface area contributed by atoms with Crippen LogP contribution >= 0.6 is 0 Å². The van der Waals surface area contributed by atoms with Crippen LogP contribution in [0.15, 0.2) is 24.8 Å². The van der Waals surface area contributed by atoms with Crippen LogP contribution in [0.5, 0.6) is 0 Å². The van der Waals surface area contributed by atoms with Crippen LogP contribution in [0.25, 0.3) is 10.9 Å². The smallest absolute Gasteiger partial charge is 0.116 e. The number of nitrogens with zero attached hydrogens (tertiary/aromatic N) is 3. The fourth-order valence-corrected chi connectivity index (χ4v) is 1.38. The highest BCUT2D eigenvalue weighted by molar-refractivity contribution is 5.76. The first-order valence-corrected chi connectivity index (χ1v) is 4.87. The summed E-state index contributed by atoms with van der Waals surface area (Å²) >= 11 is 0. The molecule has 14 heavy (non-hydrogen) atoms. The third kappa shape index (κ3) is 1.58. The average Bonchev–Trinajstić information content (AvgIpc) is 2.27. The first kappa shape index (κ1) is 9.06. The van der Waals surface area contributed by atoms with Gasteiger partial charge in [-0.05, 0) is 18.4 Å². The number of hydrogen-bond donors (Lipinski definition) is 0. The quantitative estimate of drug-likeness (QED) is 0.725. The first-order valence-electron chi connectivity index (χ1n) is 4.87. The van der Waals surface area contributed by atoms with Gasteiger partial charge in [-0.15, -0.1) is 0 Å². The SMILES string of the molecule is CCC(C)c1cc2cncnc2cn1. The van der Waals surface area contributed by atoms with Gasteiger partial charge in [0.25, 0.3) is 0 Å². The van der Waals surface area contributed by atoms with Gasteiger partial charge in [0.2, 0.25) is 0 Å². The van der Waals surface area contributed by atoms with E-state index in [1.54, 1.807) is 6.33 Å². The minimum atomic E-state index is 0.500. The Morgan fingerprint density at radius 3 is 2.93 bits per heavy atom. The van der Waals surface area contributed by atoms with E-state index in [2.05, 4.69) is 34.9 Å². The van der Waals surface area contributed by atoms with E-state index in [4.69, 9.17) is 0 Å². The Labute approximate surface area is 83.2 Å². The van der Waals surface area contributed by atoms with E-state index < -0.39 is 0 Å². The number of fused-ring (bicyclic) bond motifs is 1. The van der Waals surface area contributed by atoms with Crippen molar-refractivity contribution in [1.82, 2.24) is 15.0 Å². The van der Waals surface area contributed by atoms with Crippen LogP contribution in [-0.2, 0) is 0 Å². The van der Waals surface area contributed by atoms with Crippen molar-refractivity contribution in [2.75, 3.05) is 0 Å². The summed E-state index contributed by atoms with van der Waals surface area (Å²) in [6.07, 6.45) is 6.30. The second-order valence-corrected chi connectivity index (χ2v) is 3.50. The molecule has 1 unspecified atom stereocenters. The summed E-state index contributed by atoms with van der Waals surface area (Å²) < 4.78 is 0. The zero-order valence-corrected chi connectivity index (χ0v) is 8.44. The van der Waals surface area contributed by atoms with E-state index in [9.17, 15) is 0 Å². The summed E-state index contributed by atoms with van der Waals surface area (Å²) in [5, 5.41) is 1.07. The second-order valence-electron chi connectivity index (χ2n) is 3.50. The van der Waals surface area contributed by atoms with Crippen LogP contribution in [0, 0.1) is 0 Å². The maximum atomic E-state index is 4.39.